The Morgan fingerprint density at radius 3 is 2.43 bits per heavy atom. The number of aromatic nitrogens is 1. The summed E-state index contributed by atoms with van der Waals surface area (Å²) in [7, 11) is -2.96. The molecule has 118 valence electrons. The summed E-state index contributed by atoms with van der Waals surface area (Å²) in [5, 5.41) is 8.28. The summed E-state index contributed by atoms with van der Waals surface area (Å²) >= 11 is 1.19. The molecule has 2 aromatic carbocycles. The van der Waals surface area contributed by atoms with E-state index >= 15 is 0 Å². The van der Waals surface area contributed by atoms with Crippen LogP contribution in [0, 0.1) is 6.92 Å². The SMILES string of the molecule is CN=Nc1ccc(-c2nc3ccc(C)c(S(=O)(=O)[O-])c3s2)cc1. The second-order valence-corrected chi connectivity index (χ2v) is 7.20. The number of thiazole rings is 1. The Hall–Kier alpha value is -2.16. The van der Waals surface area contributed by atoms with Crippen molar-refractivity contribution in [3.8, 4) is 10.6 Å². The topological polar surface area (TPSA) is 94.8 Å². The van der Waals surface area contributed by atoms with E-state index in [0.29, 0.717) is 20.8 Å². The lowest BCUT2D eigenvalue weighted by Crippen LogP contribution is -2.01. The molecule has 0 amide bonds. The van der Waals surface area contributed by atoms with Crippen molar-refractivity contribution in [3.05, 3.63) is 42.0 Å². The fourth-order valence-corrected chi connectivity index (χ4v) is 4.58. The van der Waals surface area contributed by atoms with Gasteiger partial charge < -0.3 is 4.55 Å². The van der Waals surface area contributed by atoms with E-state index in [9.17, 15) is 13.0 Å². The molecule has 0 N–H and O–H groups in total. The number of aryl methyl sites for hydroxylation is 1. The lowest BCUT2D eigenvalue weighted by Gasteiger charge is -2.10. The summed E-state index contributed by atoms with van der Waals surface area (Å²) in [4.78, 5) is 4.25. The molecule has 1 aromatic heterocycles. The van der Waals surface area contributed by atoms with E-state index in [1.54, 1.807) is 38.2 Å². The van der Waals surface area contributed by atoms with Gasteiger partial charge in [0, 0.05) is 12.6 Å². The quantitative estimate of drug-likeness (QED) is 0.531. The van der Waals surface area contributed by atoms with Gasteiger partial charge in [0.15, 0.2) is 0 Å². The number of fused-ring (bicyclic) bond motifs is 1. The van der Waals surface area contributed by atoms with E-state index in [4.69, 9.17) is 0 Å². The molecule has 0 atom stereocenters. The smallest absolute Gasteiger partial charge is 0.126 e. The largest absolute Gasteiger partial charge is 0.744 e. The minimum absolute atomic E-state index is 0.185. The summed E-state index contributed by atoms with van der Waals surface area (Å²) < 4.78 is 35.0. The van der Waals surface area contributed by atoms with Crippen molar-refractivity contribution in [2.24, 2.45) is 10.2 Å². The van der Waals surface area contributed by atoms with Crippen LogP contribution in [0.25, 0.3) is 20.8 Å². The van der Waals surface area contributed by atoms with Gasteiger partial charge in [-0.15, -0.1) is 11.3 Å². The van der Waals surface area contributed by atoms with Crippen molar-refractivity contribution < 1.29 is 13.0 Å². The average Bonchev–Trinajstić information content (AvgIpc) is 2.90. The predicted molar refractivity (Wildman–Crippen MR) is 88.2 cm³/mol. The van der Waals surface area contributed by atoms with Crippen LogP contribution in [0.1, 0.15) is 5.56 Å². The Labute approximate surface area is 137 Å². The summed E-state index contributed by atoms with van der Waals surface area (Å²) in [5.74, 6) is 0. The molecule has 6 nitrogen and oxygen atoms in total. The fourth-order valence-electron chi connectivity index (χ4n) is 2.29. The molecule has 1 heterocycles. The van der Waals surface area contributed by atoms with Gasteiger partial charge >= 0.3 is 0 Å². The number of nitrogens with zero attached hydrogens (tertiary/aromatic N) is 3. The van der Waals surface area contributed by atoms with Gasteiger partial charge in [-0.25, -0.2) is 13.4 Å². The summed E-state index contributed by atoms with van der Waals surface area (Å²) in [5.41, 5.74) is 2.48. The number of rotatable bonds is 3. The molecule has 3 aromatic rings. The number of azo groups is 1. The molecule has 0 bridgehead atoms. The van der Waals surface area contributed by atoms with Crippen LogP contribution >= 0.6 is 11.3 Å². The Bertz CT molecular complexity index is 1010. The molecule has 0 fully saturated rings. The molecule has 0 saturated heterocycles. The summed E-state index contributed by atoms with van der Waals surface area (Å²) in [6.45, 7) is 1.61. The van der Waals surface area contributed by atoms with Gasteiger partial charge in [0.1, 0.15) is 15.1 Å². The van der Waals surface area contributed by atoms with Crippen LogP contribution in [-0.4, -0.2) is 25.0 Å². The maximum absolute atomic E-state index is 11.5. The van der Waals surface area contributed by atoms with E-state index in [1.165, 1.54) is 11.3 Å². The third-order valence-electron chi connectivity index (χ3n) is 3.29. The monoisotopic (exact) mass is 346 g/mol. The standard InChI is InChI=1S/C15H13N3O3S2/c1-9-3-8-12-13(14(9)23(19,20)21)22-15(17-12)10-4-6-11(7-5-10)18-16-2/h3-8H,1-2H3,(H,19,20,21)/p-1. The zero-order valence-electron chi connectivity index (χ0n) is 12.3. The van der Waals surface area contributed by atoms with Gasteiger partial charge in [0.2, 0.25) is 0 Å². The number of hydrogen-bond acceptors (Lipinski definition) is 7. The van der Waals surface area contributed by atoms with E-state index < -0.39 is 10.1 Å². The summed E-state index contributed by atoms with van der Waals surface area (Å²) in [6.07, 6.45) is 0. The van der Waals surface area contributed by atoms with E-state index in [0.717, 1.165) is 11.3 Å². The first-order valence-electron chi connectivity index (χ1n) is 6.66. The third kappa shape index (κ3) is 3.00. The third-order valence-corrected chi connectivity index (χ3v) is 5.58. The van der Waals surface area contributed by atoms with Gasteiger partial charge in [-0.05, 0) is 42.8 Å². The highest BCUT2D eigenvalue weighted by atomic mass is 32.2. The Balaban J connectivity index is 2.17. The van der Waals surface area contributed by atoms with Crippen molar-refractivity contribution in [3.63, 3.8) is 0 Å². The van der Waals surface area contributed by atoms with Crippen LogP contribution in [-0.2, 0) is 10.1 Å². The van der Waals surface area contributed by atoms with Crippen LogP contribution in [0.3, 0.4) is 0 Å². The predicted octanol–water partition coefficient (Wildman–Crippen LogP) is 3.89. The molecule has 8 heteroatoms. The first-order chi connectivity index (χ1) is 10.9. The second-order valence-electron chi connectivity index (χ2n) is 4.88. The zero-order chi connectivity index (χ0) is 16.6. The molecule has 0 radical (unpaired) electrons. The van der Waals surface area contributed by atoms with Crippen molar-refractivity contribution in [2.45, 2.75) is 11.8 Å². The van der Waals surface area contributed by atoms with Gasteiger partial charge in [-0.2, -0.15) is 10.2 Å². The highest BCUT2D eigenvalue weighted by Gasteiger charge is 2.16. The van der Waals surface area contributed by atoms with Gasteiger partial charge in [0.25, 0.3) is 0 Å². The van der Waals surface area contributed by atoms with Gasteiger partial charge in [-0.3, -0.25) is 0 Å². The van der Waals surface area contributed by atoms with Crippen molar-refractivity contribution in [1.82, 2.24) is 4.98 Å². The van der Waals surface area contributed by atoms with Crippen LogP contribution in [0.5, 0.6) is 0 Å². The molecule has 0 aliphatic heterocycles. The minimum atomic E-state index is -4.55. The lowest BCUT2D eigenvalue weighted by molar-refractivity contribution is 0.463. The maximum Gasteiger partial charge on any atom is 0.126 e. The highest BCUT2D eigenvalue weighted by Crippen LogP contribution is 2.36. The van der Waals surface area contributed by atoms with Gasteiger partial charge in [0.05, 0.1) is 20.8 Å². The molecule has 0 aliphatic carbocycles. The van der Waals surface area contributed by atoms with Crippen molar-refractivity contribution in [2.75, 3.05) is 7.05 Å². The Kier molecular flexibility index (Phi) is 3.97. The van der Waals surface area contributed by atoms with Crippen molar-refractivity contribution in [1.29, 1.82) is 0 Å². The van der Waals surface area contributed by atoms with E-state index in [2.05, 4.69) is 15.2 Å². The number of hydrogen-bond donors (Lipinski definition) is 0. The van der Waals surface area contributed by atoms with Crippen LogP contribution in [0.15, 0.2) is 51.5 Å². The minimum Gasteiger partial charge on any atom is -0.744 e. The van der Waals surface area contributed by atoms with Gasteiger partial charge in [-0.1, -0.05) is 6.07 Å². The van der Waals surface area contributed by atoms with E-state index in [-0.39, 0.29) is 4.90 Å². The summed E-state index contributed by atoms with van der Waals surface area (Å²) in [6, 6.07) is 10.6. The maximum atomic E-state index is 11.5. The second kappa shape index (κ2) is 5.80. The molecular weight excluding hydrogens is 334 g/mol. The van der Waals surface area contributed by atoms with Crippen LogP contribution in [0.2, 0.25) is 0 Å². The molecule has 23 heavy (non-hydrogen) atoms. The lowest BCUT2D eigenvalue weighted by atomic mass is 10.2. The number of benzene rings is 2. The van der Waals surface area contributed by atoms with E-state index in [1.807, 2.05) is 12.1 Å². The molecule has 0 unspecified atom stereocenters. The molecule has 3 rings (SSSR count). The normalized spacial score (nSPS) is 12.3. The Morgan fingerprint density at radius 2 is 1.83 bits per heavy atom. The zero-order valence-corrected chi connectivity index (χ0v) is 14.0. The first kappa shape index (κ1) is 15.7. The first-order valence-corrected chi connectivity index (χ1v) is 8.89. The molecular formula is C15H12N3O3S2-. The molecule has 0 spiro atoms. The average molecular weight is 346 g/mol. The fraction of sp³-hybridized carbons (Fsp3) is 0.133. The Morgan fingerprint density at radius 1 is 1.13 bits per heavy atom. The molecule has 0 aliphatic rings. The molecule has 0 saturated carbocycles. The van der Waals surface area contributed by atoms with Crippen LogP contribution < -0.4 is 0 Å². The van der Waals surface area contributed by atoms with Crippen molar-refractivity contribution >= 4 is 37.4 Å². The highest BCUT2D eigenvalue weighted by molar-refractivity contribution is 7.86. The van der Waals surface area contributed by atoms with Crippen LogP contribution in [0.4, 0.5) is 5.69 Å².